The highest BCUT2D eigenvalue weighted by Gasteiger charge is 2.22. The summed E-state index contributed by atoms with van der Waals surface area (Å²) in [5.74, 6) is 0.0594. The largest absolute Gasteiger partial charge is 0.407 e. The third kappa shape index (κ3) is 3.88. The standard InChI is InChI=1S/C19H16ClNO2/c1-13-5-2-3-7-15(13)12-17-19(22)23-18(21-17)10-9-14-6-4-8-16(20)11-14/h2-8,11-12H,9-10H2,1H3/b17-12-. The molecule has 0 unspecified atom stereocenters. The molecule has 1 heterocycles. The average molecular weight is 326 g/mol. The van der Waals surface area contributed by atoms with Crippen LogP contribution in [-0.2, 0) is 16.0 Å². The first kappa shape index (κ1) is 15.5. The lowest BCUT2D eigenvalue weighted by atomic mass is 10.1. The summed E-state index contributed by atoms with van der Waals surface area (Å²) in [5.41, 5.74) is 3.50. The molecule has 0 saturated carbocycles. The van der Waals surface area contributed by atoms with Crippen molar-refractivity contribution in [3.05, 3.63) is 75.9 Å². The van der Waals surface area contributed by atoms with E-state index in [0.29, 0.717) is 23.0 Å². The van der Waals surface area contributed by atoms with E-state index < -0.39 is 5.97 Å². The zero-order chi connectivity index (χ0) is 16.2. The summed E-state index contributed by atoms with van der Waals surface area (Å²) in [4.78, 5) is 16.3. The van der Waals surface area contributed by atoms with Gasteiger partial charge in [0.05, 0.1) is 0 Å². The monoisotopic (exact) mass is 325 g/mol. The predicted molar refractivity (Wildman–Crippen MR) is 92.5 cm³/mol. The van der Waals surface area contributed by atoms with Crippen LogP contribution in [0.4, 0.5) is 0 Å². The number of hydrogen-bond acceptors (Lipinski definition) is 3. The number of nitrogens with zero attached hydrogens (tertiary/aromatic N) is 1. The van der Waals surface area contributed by atoms with Gasteiger partial charge in [-0.2, -0.15) is 0 Å². The third-order valence-corrected chi connectivity index (χ3v) is 3.90. The Kier molecular flexibility index (Phi) is 4.58. The molecule has 0 radical (unpaired) electrons. The van der Waals surface area contributed by atoms with Crippen molar-refractivity contribution in [2.24, 2.45) is 4.99 Å². The van der Waals surface area contributed by atoms with Crippen molar-refractivity contribution in [2.45, 2.75) is 19.8 Å². The van der Waals surface area contributed by atoms with E-state index in [4.69, 9.17) is 16.3 Å². The van der Waals surface area contributed by atoms with Crippen molar-refractivity contribution < 1.29 is 9.53 Å². The smallest absolute Gasteiger partial charge is 0.363 e. The van der Waals surface area contributed by atoms with Crippen molar-refractivity contribution in [3.63, 3.8) is 0 Å². The molecule has 1 aliphatic heterocycles. The zero-order valence-electron chi connectivity index (χ0n) is 12.8. The molecule has 2 aromatic carbocycles. The molecule has 3 rings (SSSR count). The van der Waals surface area contributed by atoms with Crippen molar-refractivity contribution in [1.29, 1.82) is 0 Å². The Labute approximate surface area is 140 Å². The average Bonchev–Trinajstić information content (AvgIpc) is 2.88. The van der Waals surface area contributed by atoms with Gasteiger partial charge in [-0.15, -0.1) is 0 Å². The lowest BCUT2D eigenvalue weighted by Gasteiger charge is -2.01. The molecule has 0 spiro atoms. The molecule has 4 heteroatoms. The lowest BCUT2D eigenvalue weighted by Crippen LogP contribution is -2.05. The normalized spacial score (nSPS) is 15.7. The Bertz CT molecular complexity index is 809. The van der Waals surface area contributed by atoms with Gasteiger partial charge in [0.1, 0.15) is 0 Å². The molecule has 0 bridgehead atoms. The maximum Gasteiger partial charge on any atom is 0.363 e. The Morgan fingerprint density at radius 1 is 1.13 bits per heavy atom. The van der Waals surface area contributed by atoms with Crippen LogP contribution in [0, 0.1) is 6.92 Å². The number of esters is 1. The maximum atomic E-state index is 11.9. The number of halogens is 1. The van der Waals surface area contributed by atoms with Crippen LogP contribution >= 0.6 is 11.6 Å². The summed E-state index contributed by atoms with van der Waals surface area (Å²) in [6.45, 7) is 2.00. The van der Waals surface area contributed by atoms with Gasteiger partial charge in [0.25, 0.3) is 0 Å². The van der Waals surface area contributed by atoms with E-state index in [0.717, 1.165) is 23.1 Å². The fourth-order valence-electron chi connectivity index (χ4n) is 2.40. The summed E-state index contributed by atoms with van der Waals surface area (Å²) >= 11 is 5.97. The van der Waals surface area contributed by atoms with Crippen LogP contribution in [-0.4, -0.2) is 11.9 Å². The highest BCUT2D eigenvalue weighted by Crippen LogP contribution is 2.20. The molecule has 23 heavy (non-hydrogen) atoms. The Morgan fingerprint density at radius 2 is 1.96 bits per heavy atom. The molecule has 116 valence electrons. The number of aliphatic imine (C=N–C) groups is 1. The maximum absolute atomic E-state index is 11.9. The summed E-state index contributed by atoms with van der Waals surface area (Å²) in [6, 6.07) is 15.5. The van der Waals surface area contributed by atoms with Gasteiger partial charge in [0.15, 0.2) is 11.6 Å². The molecule has 0 atom stereocenters. The number of ether oxygens (including phenoxy) is 1. The SMILES string of the molecule is Cc1ccccc1/C=C1\N=C(CCc2cccc(Cl)c2)OC1=O. The minimum atomic E-state index is -0.394. The second kappa shape index (κ2) is 6.80. The van der Waals surface area contributed by atoms with Crippen molar-refractivity contribution in [3.8, 4) is 0 Å². The minimum Gasteiger partial charge on any atom is -0.407 e. The van der Waals surface area contributed by atoms with Crippen molar-refractivity contribution in [2.75, 3.05) is 0 Å². The van der Waals surface area contributed by atoms with E-state index in [2.05, 4.69) is 4.99 Å². The van der Waals surface area contributed by atoms with E-state index >= 15 is 0 Å². The molecular formula is C19H16ClNO2. The molecule has 0 N–H and O–H groups in total. The Balaban J connectivity index is 1.73. The van der Waals surface area contributed by atoms with E-state index in [9.17, 15) is 4.79 Å². The number of benzene rings is 2. The lowest BCUT2D eigenvalue weighted by molar-refractivity contribution is -0.130. The highest BCUT2D eigenvalue weighted by molar-refractivity contribution is 6.30. The molecule has 0 aromatic heterocycles. The van der Waals surface area contributed by atoms with Gasteiger partial charge < -0.3 is 4.74 Å². The summed E-state index contributed by atoms with van der Waals surface area (Å²) in [7, 11) is 0. The van der Waals surface area contributed by atoms with Gasteiger partial charge in [-0.1, -0.05) is 48.0 Å². The number of carbonyl (C=O) groups excluding carboxylic acids is 1. The first-order valence-corrected chi connectivity index (χ1v) is 7.81. The summed E-state index contributed by atoms with van der Waals surface area (Å²) < 4.78 is 5.25. The van der Waals surface area contributed by atoms with Gasteiger partial charge >= 0.3 is 5.97 Å². The number of cyclic esters (lactones) is 1. The number of carbonyl (C=O) groups is 1. The topological polar surface area (TPSA) is 38.7 Å². The van der Waals surface area contributed by atoms with E-state index in [1.807, 2.05) is 55.5 Å². The molecule has 1 aliphatic rings. The first-order valence-electron chi connectivity index (χ1n) is 7.43. The Morgan fingerprint density at radius 3 is 2.74 bits per heavy atom. The van der Waals surface area contributed by atoms with Gasteiger partial charge in [0.2, 0.25) is 0 Å². The molecule has 2 aromatic rings. The molecular weight excluding hydrogens is 310 g/mol. The molecule has 0 aliphatic carbocycles. The number of aryl methyl sites for hydroxylation is 2. The summed E-state index contributed by atoms with van der Waals surface area (Å²) in [5, 5.41) is 0.702. The van der Waals surface area contributed by atoms with Gasteiger partial charge in [0, 0.05) is 11.4 Å². The first-order chi connectivity index (χ1) is 11.1. The van der Waals surface area contributed by atoms with Crippen LogP contribution in [0.15, 0.2) is 59.2 Å². The predicted octanol–water partition coefficient (Wildman–Crippen LogP) is 4.58. The van der Waals surface area contributed by atoms with E-state index in [1.54, 1.807) is 6.08 Å². The highest BCUT2D eigenvalue weighted by atomic mass is 35.5. The van der Waals surface area contributed by atoms with Gasteiger partial charge in [-0.3, -0.25) is 0 Å². The quantitative estimate of drug-likeness (QED) is 0.609. The minimum absolute atomic E-state index is 0.348. The summed E-state index contributed by atoms with van der Waals surface area (Å²) in [6.07, 6.45) is 3.06. The van der Waals surface area contributed by atoms with Gasteiger partial charge in [-0.05, 0) is 48.2 Å². The number of rotatable bonds is 4. The van der Waals surface area contributed by atoms with Crippen LogP contribution in [0.2, 0.25) is 5.02 Å². The van der Waals surface area contributed by atoms with Gasteiger partial charge in [-0.25, -0.2) is 9.79 Å². The molecule has 0 amide bonds. The van der Waals surface area contributed by atoms with Crippen LogP contribution < -0.4 is 0 Å². The second-order valence-electron chi connectivity index (χ2n) is 5.41. The van der Waals surface area contributed by atoms with E-state index in [-0.39, 0.29) is 0 Å². The van der Waals surface area contributed by atoms with Crippen LogP contribution in [0.5, 0.6) is 0 Å². The van der Waals surface area contributed by atoms with Crippen molar-refractivity contribution in [1.82, 2.24) is 0 Å². The van der Waals surface area contributed by atoms with E-state index in [1.165, 1.54) is 0 Å². The van der Waals surface area contributed by atoms with Crippen LogP contribution in [0.1, 0.15) is 23.1 Å². The third-order valence-electron chi connectivity index (χ3n) is 3.66. The fourth-order valence-corrected chi connectivity index (χ4v) is 2.61. The molecule has 0 fully saturated rings. The fraction of sp³-hybridized carbons (Fsp3) is 0.158. The second-order valence-corrected chi connectivity index (χ2v) is 5.85. The number of hydrogen-bond donors (Lipinski definition) is 0. The Hall–Kier alpha value is -2.39. The van der Waals surface area contributed by atoms with Crippen molar-refractivity contribution >= 4 is 29.5 Å². The zero-order valence-corrected chi connectivity index (χ0v) is 13.5. The molecule has 3 nitrogen and oxygen atoms in total. The molecule has 0 saturated heterocycles. The van der Waals surface area contributed by atoms with Crippen LogP contribution in [0.25, 0.3) is 6.08 Å². The van der Waals surface area contributed by atoms with Crippen LogP contribution in [0.3, 0.4) is 0 Å².